The van der Waals surface area contributed by atoms with Crippen LogP contribution in [0.25, 0.3) is 0 Å². The van der Waals surface area contributed by atoms with E-state index in [0.29, 0.717) is 18.1 Å². The van der Waals surface area contributed by atoms with Crippen molar-refractivity contribution in [2.24, 2.45) is 5.92 Å². The molecule has 0 aliphatic carbocycles. The van der Waals surface area contributed by atoms with Crippen LogP contribution in [0.1, 0.15) is 40.0 Å². The SMILES string of the molecule is C=C(C)C(=O)OCCC(C)CCC. The molecule has 0 aliphatic heterocycles. The molecule has 0 amide bonds. The lowest BCUT2D eigenvalue weighted by atomic mass is 10.0. The van der Waals surface area contributed by atoms with E-state index in [1.165, 1.54) is 12.8 Å². The van der Waals surface area contributed by atoms with Gasteiger partial charge < -0.3 is 4.74 Å². The molecule has 13 heavy (non-hydrogen) atoms. The molecular weight excluding hydrogens is 164 g/mol. The maximum Gasteiger partial charge on any atom is 0.333 e. The standard InChI is InChI=1S/C11H20O2/c1-5-6-10(4)7-8-13-11(12)9(2)3/h10H,2,5-8H2,1,3-4H3. The Labute approximate surface area is 81.0 Å². The highest BCUT2D eigenvalue weighted by molar-refractivity contribution is 5.86. The highest BCUT2D eigenvalue weighted by atomic mass is 16.5. The molecule has 0 radical (unpaired) electrons. The van der Waals surface area contributed by atoms with Crippen molar-refractivity contribution >= 4 is 5.97 Å². The molecule has 0 saturated heterocycles. The second-order valence-electron chi connectivity index (χ2n) is 3.60. The van der Waals surface area contributed by atoms with Crippen LogP contribution in [-0.4, -0.2) is 12.6 Å². The van der Waals surface area contributed by atoms with Crippen LogP contribution in [0.2, 0.25) is 0 Å². The van der Waals surface area contributed by atoms with Crippen LogP contribution in [-0.2, 0) is 9.53 Å². The monoisotopic (exact) mass is 184 g/mol. The zero-order valence-electron chi connectivity index (χ0n) is 8.93. The zero-order chi connectivity index (χ0) is 10.3. The normalized spacial score (nSPS) is 12.2. The van der Waals surface area contributed by atoms with Crippen LogP contribution in [0.4, 0.5) is 0 Å². The van der Waals surface area contributed by atoms with Gasteiger partial charge in [-0.2, -0.15) is 0 Å². The Hall–Kier alpha value is -0.790. The lowest BCUT2D eigenvalue weighted by molar-refractivity contribution is -0.139. The van der Waals surface area contributed by atoms with Gasteiger partial charge in [0, 0.05) is 5.57 Å². The molecule has 0 aliphatic rings. The smallest absolute Gasteiger partial charge is 0.333 e. The minimum atomic E-state index is -0.274. The summed E-state index contributed by atoms with van der Waals surface area (Å²) in [6.45, 7) is 10.0. The maximum atomic E-state index is 11.0. The van der Waals surface area contributed by atoms with Crippen molar-refractivity contribution in [2.45, 2.75) is 40.0 Å². The van der Waals surface area contributed by atoms with Gasteiger partial charge in [-0.1, -0.05) is 33.3 Å². The fraction of sp³-hybridized carbons (Fsp3) is 0.727. The summed E-state index contributed by atoms with van der Waals surface area (Å²) in [5, 5.41) is 0. The average molecular weight is 184 g/mol. The molecule has 1 atom stereocenters. The first kappa shape index (κ1) is 12.2. The fourth-order valence-electron chi connectivity index (χ4n) is 1.11. The summed E-state index contributed by atoms with van der Waals surface area (Å²) in [7, 11) is 0. The molecule has 2 heteroatoms. The quantitative estimate of drug-likeness (QED) is 0.468. The Morgan fingerprint density at radius 2 is 2.08 bits per heavy atom. The van der Waals surface area contributed by atoms with Gasteiger partial charge in [0.1, 0.15) is 0 Å². The van der Waals surface area contributed by atoms with Crippen molar-refractivity contribution in [3.63, 3.8) is 0 Å². The molecule has 2 nitrogen and oxygen atoms in total. The topological polar surface area (TPSA) is 26.3 Å². The predicted molar refractivity (Wildman–Crippen MR) is 54.5 cm³/mol. The van der Waals surface area contributed by atoms with Gasteiger partial charge in [-0.3, -0.25) is 0 Å². The third kappa shape index (κ3) is 6.38. The second kappa shape index (κ2) is 6.70. The third-order valence-corrected chi connectivity index (χ3v) is 1.97. The Morgan fingerprint density at radius 1 is 1.46 bits per heavy atom. The van der Waals surface area contributed by atoms with Gasteiger partial charge in [-0.25, -0.2) is 4.79 Å². The first-order valence-corrected chi connectivity index (χ1v) is 4.90. The first-order valence-electron chi connectivity index (χ1n) is 4.90. The first-order chi connectivity index (χ1) is 6.07. The molecule has 1 unspecified atom stereocenters. The van der Waals surface area contributed by atoms with Gasteiger partial charge in [0.15, 0.2) is 0 Å². The fourth-order valence-corrected chi connectivity index (χ4v) is 1.11. The van der Waals surface area contributed by atoms with Crippen molar-refractivity contribution in [1.82, 2.24) is 0 Å². The van der Waals surface area contributed by atoms with E-state index in [9.17, 15) is 4.79 Å². The molecule has 0 aromatic carbocycles. The lowest BCUT2D eigenvalue weighted by Crippen LogP contribution is -2.08. The molecule has 0 spiro atoms. The molecule has 0 aromatic heterocycles. The molecule has 0 fully saturated rings. The number of rotatable bonds is 6. The summed E-state index contributed by atoms with van der Waals surface area (Å²) in [5.74, 6) is 0.367. The Balaban J connectivity index is 3.44. The lowest BCUT2D eigenvalue weighted by Gasteiger charge is -2.09. The van der Waals surface area contributed by atoms with Crippen LogP contribution >= 0.6 is 0 Å². The van der Waals surface area contributed by atoms with Crippen LogP contribution < -0.4 is 0 Å². The van der Waals surface area contributed by atoms with Gasteiger partial charge in [0.2, 0.25) is 0 Å². The van der Waals surface area contributed by atoms with E-state index in [1.807, 2.05) is 0 Å². The third-order valence-electron chi connectivity index (χ3n) is 1.97. The number of hydrogen-bond donors (Lipinski definition) is 0. The molecule has 76 valence electrons. The summed E-state index contributed by atoms with van der Waals surface area (Å²) in [4.78, 5) is 11.0. The summed E-state index contributed by atoms with van der Waals surface area (Å²) in [6, 6.07) is 0. The van der Waals surface area contributed by atoms with E-state index in [2.05, 4.69) is 20.4 Å². The van der Waals surface area contributed by atoms with E-state index < -0.39 is 0 Å². The molecule has 0 N–H and O–H groups in total. The second-order valence-corrected chi connectivity index (χ2v) is 3.60. The van der Waals surface area contributed by atoms with E-state index >= 15 is 0 Å². The van der Waals surface area contributed by atoms with Gasteiger partial charge >= 0.3 is 5.97 Å². The highest BCUT2D eigenvalue weighted by Crippen LogP contribution is 2.09. The molecule has 0 heterocycles. The van der Waals surface area contributed by atoms with Crippen LogP contribution in [0, 0.1) is 5.92 Å². The van der Waals surface area contributed by atoms with Crippen LogP contribution in [0.3, 0.4) is 0 Å². The number of esters is 1. The van der Waals surface area contributed by atoms with E-state index in [1.54, 1.807) is 6.92 Å². The average Bonchev–Trinajstić information content (AvgIpc) is 2.04. The summed E-state index contributed by atoms with van der Waals surface area (Å²) in [6.07, 6.45) is 3.34. The van der Waals surface area contributed by atoms with E-state index in [4.69, 9.17) is 4.74 Å². The Morgan fingerprint density at radius 3 is 2.54 bits per heavy atom. The number of carbonyl (C=O) groups is 1. The maximum absolute atomic E-state index is 11.0. The Kier molecular flexibility index (Phi) is 6.29. The van der Waals surface area contributed by atoms with Crippen molar-refractivity contribution in [1.29, 1.82) is 0 Å². The Bertz CT molecular complexity index is 173. The van der Waals surface area contributed by atoms with Crippen molar-refractivity contribution in [3.8, 4) is 0 Å². The van der Waals surface area contributed by atoms with Crippen molar-refractivity contribution in [3.05, 3.63) is 12.2 Å². The minimum Gasteiger partial charge on any atom is -0.462 e. The summed E-state index contributed by atoms with van der Waals surface area (Å²) < 4.78 is 4.98. The van der Waals surface area contributed by atoms with Gasteiger partial charge in [-0.05, 0) is 19.3 Å². The van der Waals surface area contributed by atoms with Gasteiger partial charge in [0.05, 0.1) is 6.61 Å². The molecule has 0 bridgehead atoms. The van der Waals surface area contributed by atoms with Gasteiger partial charge in [0.25, 0.3) is 0 Å². The van der Waals surface area contributed by atoms with Crippen molar-refractivity contribution < 1.29 is 9.53 Å². The highest BCUT2D eigenvalue weighted by Gasteiger charge is 2.05. The predicted octanol–water partition coefficient (Wildman–Crippen LogP) is 2.93. The zero-order valence-corrected chi connectivity index (χ0v) is 8.93. The molecule has 0 saturated carbocycles. The molecular formula is C11H20O2. The molecule has 0 aromatic rings. The van der Waals surface area contributed by atoms with Gasteiger partial charge in [-0.15, -0.1) is 0 Å². The van der Waals surface area contributed by atoms with Crippen LogP contribution in [0.15, 0.2) is 12.2 Å². The van der Waals surface area contributed by atoms with Crippen molar-refractivity contribution in [2.75, 3.05) is 6.61 Å². The largest absolute Gasteiger partial charge is 0.462 e. The molecule has 0 rings (SSSR count). The number of hydrogen-bond acceptors (Lipinski definition) is 2. The number of ether oxygens (including phenoxy) is 1. The van der Waals surface area contributed by atoms with E-state index in [-0.39, 0.29) is 5.97 Å². The number of carbonyl (C=O) groups excluding carboxylic acids is 1. The summed E-state index contributed by atoms with van der Waals surface area (Å²) >= 11 is 0. The summed E-state index contributed by atoms with van der Waals surface area (Å²) in [5.41, 5.74) is 0.475. The minimum absolute atomic E-state index is 0.274. The van der Waals surface area contributed by atoms with E-state index in [0.717, 1.165) is 6.42 Å². The van der Waals surface area contributed by atoms with Crippen LogP contribution in [0.5, 0.6) is 0 Å².